The summed E-state index contributed by atoms with van der Waals surface area (Å²) in [6, 6.07) is 9.07. The van der Waals surface area contributed by atoms with Crippen LogP contribution in [0.15, 0.2) is 24.3 Å². The second-order valence-electron chi connectivity index (χ2n) is 5.06. The third kappa shape index (κ3) is 2.81. The number of anilines is 1. The highest BCUT2D eigenvalue weighted by atomic mass is 16.3. The molecule has 1 aromatic rings. The van der Waals surface area contributed by atoms with Gasteiger partial charge < -0.3 is 10.0 Å². The molecular formula is C15H23NO. The molecule has 0 aromatic heterocycles. The van der Waals surface area contributed by atoms with E-state index in [1.54, 1.807) is 0 Å². The minimum Gasteiger partial charge on any atom is -0.388 e. The third-order valence-corrected chi connectivity index (χ3v) is 3.94. The van der Waals surface area contributed by atoms with Crippen molar-refractivity contribution in [2.45, 2.75) is 51.2 Å². The minimum atomic E-state index is -0.319. The lowest BCUT2D eigenvalue weighted by atomic mass is 10.1. The predicted octanol–water partition coefficient (Wildman–Crippen LogP) is 3.51. The predicted molar refractivity (Wildman–Crippen MR) is 72.4 cm³/mol. The van der Waals surface area contributed by atoms with Crippen molar-refractivity contribution in [3.63, 3.8) is 0 Å². The van der Waals surface area contributed by atoms with Crippen LogP contribution < -0.4 is 4.90 Å². The first-order chi connectivity index (χ1) is 8.22. The molecule has 1 N–H and O–H groups in total. The van der Waals surface area contributed by atoms with Crippen molar-refractivity contribution in [3.05, 3.63) is 29.8 Å². The summed E-state index contributed by atoms with van der Waals surface area (Å²) in [5, 5.41) is 9.76. The summed E-state index contributed by atoms with van der Waals surface area (Å²) in [5.74, 6) is 0. The molecule has 1 saturated carbocycles. The van der Waals surface area contributed by atoms with Crippen molar-refractivity contribution in [3.8, 4) is 0 Å². The molecule has 2 heteroatoms. The highest BCUT2D eigenvalue weighted by Gasteiger charge is 2.19. The zero-order valence-electron chi connectivity index (χ0n) is 10.9. The number of hydrogen-bond acceptors (Lipinski definition) is 2. The molecule has 0 saturated heterocycles. The van der Waals surface area contributed by atoms with E-state index < -0.39 is 0 Å². The smallest absolute Gasteiger partial charge is 0.0787 e. The van der Waals surface area contributed by atoms with Gasteiger partial charge in [0.2, 0.25) is 0 Å². The van der Waals surface area contributed by atoms with Crippen LogP contribution in [0.25, 0.3) is 0 Å². The average Bonchev–Trinajstić information content (AvgIpc) is 2.91. The number of rotatable bonds is 4. The van der Waals surface area contributed by atoms with E-state index in [9.17, 15) is 5.11 Å². The van der Waals surface area contributed by atoms with Crippen LogP contribution in [0.3, 0.4) is 0 Å². The molecule has 94 valence electrons. The SMILES string of the molecule is CC[C@H](O)c1ccc(N(C)C2CCCC2)cc1. The van der Waals surface area contributed by atoms with Gasteiger partial charge in [-0.2, -0.15) is 0 Å². The van der Waals surface area contributed by atoms with Crippen LogP contribution in [0, 0.1) is 0 Å². The van der Waals surface area contributed by atoms with Crippen molar-refractivity contribution in [2.24, 2.45) is 0 Å². The maximum atomic E-state index is 9.76. The molecule has 1 aliphatic carbocycles. The van der Waals surface area contributed by atoms with Crippen LogP contribution >= 0.6 is 0 Å². The van der Waals surface area contributed by atoms with Crippen molar-refractivity contribution >= 4 is 5.69 Å². The van der Waals surface area contributed by atoms with Crippen molar-refractivity contribution < 1.29 is 5.11 Å². The van der Waals surface area contributed by atoms with Gasteiger partial charge in [-0.25, -0.2) is 0 Å². The second kappa shape index (κ2) is 5.54. The number of hydrogen-bond donors (Lipinski definition) is 1. The Hall–Kier alpha value is -1.02. The zero-order chi connectivity index (χ0) is 12.3. The summed E-state index contributed by atoms with van der Waals surface area (Å²) in [7, 11) is 2.18. The first-order valence-electron chi connectivity index (χ1n) is 6.73. The Morgan fingerprint density at radius 2 is 1.82 bits per heavy atom. The van der Waals surface area contributed by atoms with Gasteiger partial charge in [0.05, 0.1) is 6.10 Å². The highest BCUT2D eigenvalue weighted by molar-refractivity contribution is 5.48. The van der Waals surface area contributed by atoms with Gasteiger partial charge in [0.15, 0.2) is 0 Å². The summed E-state index contributed by atoms with van der Waals surface area (Å²) < 4.78 is 0. The molecule has 0 heterocycles. The molecule has 1 atom stereocenters. The van der Waals surface area contributed by atoms with Gasteiger partial charge in [0, 0.05) is 18.8 Å². The lowest BCUT2D eigenvalue weighted by Gasteiger charge is -2.26. The summed E-state index contributed by atoms with van der Waals surface area (Å²) in [6.45, 7) is 2.00. The van der Waals surface area contributed by atoms with Gasteiger partial charge in [-0.15, -0.1) is 0 Å². The van der Waals surface area contributed by atoms with E-state index in [1.807, 2.05) is 6.92 Å². The molecule has 0 bridgehead atoms. The Morgan fingerprint density at radius 1 is 1.24 bits per heavy atom. The fourth-order valence-corrected chi connectivity index (χ4v) is 2.67. The monoisotopic (exact) mass is 233 g/mol. The largest absolute Gasteiger partial charge is 0.388 e. The number of nitrogens with zero attached hydrogens (tertiary/aromatic N) is 1. The topological polar surface area (TPSA) is 23.5 Å². The van der Waals surface area contributed by atoms with E-state index in [1.165, 1.54) is 31.4 Å². The Labute approximate surface area is 104 Å². The molecule has 1 fully saturated rings. The number of aliphatic hydroxyl groups is 1. The number of aliphatic hydroxyl groups excluding tert-OH is 1. The van der Waals surface area contributed by atoms with Gasteiger partial charge in [-0.05, 0) is 37.0 Å². The van der Waals surface area contributed by atoms with Crippen LogP contribution in [0.2, 0.25) is 0 Å². The fraction of sp³-hybridized carbons (Fsp3) is 0.600. The zero-order valence-corrected chi connectivity index (χ0v) is 10.9. The lowest BCUT2D eigenvalue weighted by Crippen LogP contribution is -2.28. The molecule has 0 radical (unpaired) electrons. The second-order valence-corrected chi connectivity index (χ2v) is 5.06. The number of benzene rings is 1. The summed E-state index contributed by atoms with van der Waals surface area (Å²) >= 11 is 0. The van der Waals surface area contributed by atoms with Gasteiger partial charge in [0.1, 0.15) is 0 Å². The van der Waals surface area contributed by atoms with E-state index >= 15 is 0 Å². The molecular weight excluding hydrogens is 210 g/mol. The van der Waals surface area contributed by atoms with Crippen molar-refractivity contribution in [2.75, 3.05) is 11.9 Å². The molecule has 1 aromatic carbocycles. The van der Waals surface area contributed by atoms with E-state index in [4.69, 9.17) is 0 Å². The Bertz CT molecular complexity index is 340. The average molecular weight is 233 g/mol. The maximum Gasteiger partial charge on any atom is 0.0787 e. The van der Waals surface area contributed by atoms with Crippen LogP contribution in [0.4, 0.5) is 5.69 Å². The van der Waals surface area contributed by atoms with Crippen LogP contribution in [-0.2, 0) is 0 Å². The first-order valence-corrected chi connectivity index (χ1v) is 6.73. The van der Waals surface area contributed by atoms with Crippen LogP contribution in [0.1, 0.15) is 50.7 Å². The Balaban J connectivity index is 2.06. The minimum absolute atomic E-state index is 0.319. The molecule has 0 aliphatic heterocycles. The van der Waals surface area contributed by atoms with E-state index in [0.29, 0.717) is 6.04 Å². The maximum absolute atomic E-state index is 9.76. The molecule has 17 heavy (non-hydrogen) atoms. The molecule has 0 amide bonds. The lowest BCUT2D eigenvalue weighted by molar-refractivity contribution is 0.173. The van der Waals surface area contributed by atoms with E-state index in [2.05, 4.69) is 36.2 Å². The van der Waals surface area contributed by atoms with Crippen LogP contribution in [0.5, 0.6) is 0 Å². The fourth-order valence-electron chi connectivity index (χ4n) is 2.67. The molecule has 1 aliphatic rings. The quantitative estimate of drug-likeness (QED) is 0.860. The highest BCUT2D eigenvalue weighted by Crippen LogP contribution is 2.28. The summed E-state index contributed by atoms with van der Waals surface area (Å²) in [5.41, 5.74) is 2.29. The van der Waals surface area contributed by atoms with Gasteiger partial charge >= 0.3 is 0 Å². The molecule has 0 spiro atoms. The molecule has 2 rings (SSSR count). The standard InChI is InChI=1S/C15H23NO/c1-3-15(17)12-8-10-14(11-9-12)16(2)13-6-4-5-7-13/h8-11,13,15,17H,3-7H2,1-2H3/t15-/m0/s1. The molecule has 2 nitrogen and oxygen atoms in total. The molecule has 0 unspecified atom stereocenters. The van der Waals surface area contributed by atoms with Gasteiger partial charge in [0.25, 0.3) is 0 Å². The van der Waals surface area contributed by atoms with Gasteiger partial charge in [-0.3, -0.25) is 0 Å². The first kappa shape index (κ1) is 12.4. The van der Waals surface area contributed by atoms with E-state index in [0.717, 1.165) is 12.0 Å². The van der Waals surface area contributed by atoms with E-state index in [-0.39, 0.29) is 6.10 Å². The normalized spacial score (nSPS) is 18.3. The van der Waals surface area contributed by atoms with Crippen molar-refractivity contribution in [1.82, 2.24) is 0 Å². The Morgan fingerprint density at radius 3 is 2.35 bits per heavy atom. The van der Waals surface area contributed by atoms with Gasteiger partial charge in [-0.1, -0.05) is 31.9 Å². The van der Waals surface area contributed by atoms with Crippen LogP contribution in [-0.4, -0.2) is 18.2 Å². The Kier molecular flexibility index (Phi) is 4.06. The third-order valence-electron chi connectivity index (χ3n) is 3.94. The van der Waals surface area contributed by atoms with Crippen molar-refractivity contribution in [1.29, 1.82) is 0 Å². The summed E-state index contributed by atoms with van der Waals surface area (Å²) in [6.07, 6.45) is 5.81. The summed E-state index contributed by atoms with van der Waals surface area (Å²) in [4.78, 5) is 2.38.